The average Bonchev–Trinajstić information content (AvgIpc) is 3.83. The first kappa shape index (κ1) is 32.0. The van der Waals surface area contributed by atoms with Crippen LogP contribution in [0.25, 0.3) is 11.4 Å². The number of rotatable bonds is 14. The molecule has 6 heterocycles. The summed E-state index contributed by atoms with van der Waals surface area (Å²) in [4.78, 5) is 62.5. The molecule has 4 aliphatic heterocycles. The van der Waals surface area contributed by atoms with Crippen LogP contribution < -0.4 is 11.0 Å². The number of hydrogen-bond donors (Lipinski definition) is 4. The molecule has 4 N–H and O–H groups in total. The SMILES string of the molecule is O=C(NOCCO)c1ccn(C2=CC3CN(C2)C(=O)N3OS(=O)(=O)ON2C(=O)N3CC(n4ccc(C(=O)NOCCO)n4)=CC2C3)n1. The number of hydrogen-bond acceptors (Lipinski definition) is 14. The summed E-state index contributed by atoms with van der Waals surface area (Å²) in [6, 6.07) is -0.542. The number of fused-ring (bicyclic) bond motifs is 4. The molecule has 0 spiro atoms. The predicted octanol–water partition coefficient (Wildman–Crippen LogP) is -2.88. The molecule has 23 heteroatoms. The third kappa shape index (κ3) is 6.66. The molecular formula is C24H28N10O12S. The highest BCUT2D eigenvalue weighted by molar-refractivity contribution is 7.81. The van der Waals surface area contributed by atoms with Gasteiger partial charge in [-0.1, -0.05) is 0 Å². The molecule has 6 rings (SSSR count). The number of carbonyl (C=O) groups excluding carboxylic acids is 4. The van der Waals surface area contributed by atoms with E-state index in [2.05, 4.69) is 21.2 Å². The van der Waals surface area contributed by atoms with Crippen molar-refractivity contribution in [2.45, 2.75) is 12.1 Å². The molecule has 2 aromatic rings. The van der Waals surface area contributed by atoms with Crippen LogP contribution in [0.5, 0.6) is 0 Å². The van der Waals surface area contributed by atoms with Crippen LogP contribution in [0.15, 0.2) is 36.7 Å². The summed E-state index contributed by atoms with van der Waals surface area (Å²) < 4.78 is 38.8. The standard InChI is InChI=1S/C24H28N10O12S/c35-5-7-43-27-21(37)19-1-3-31(25-19)15-9-17-13-29(11-15)23(39)33(17)45-47(41,42)46-34-18-10-16(12-30(14-18)24(34)40)32-4-2-20(26-32)22(38)28-44-8-6-36/h1-4,9-10,17-18,35-36H,5-8,11-14H2,(H,27,37)(H,28,38). The van der Waals surface area contributed by atoms with E-state index in [9.17, 15) is 27.6 Å². The lowest BCUT2D eigenvalue weighted by molar-refractivity contribution is -0.0723. The number of hydroxylamine groups is 6. The average molecular weight is 681 g/mol. The molecular weight excluding hydrogens is 652 g/mol. The lowest BCUT2D eigenvalue weighted by Crippen LogP contribution is -2.40. The van der Waals surface area contributed by atoms with Crippen molar-refractivity contribution in [1.82, 2.24) is 50.4 Å². The monoisotopic (exact) mass is 680 g/mol. The summed E-state index contributed by atoms with van der Waals surface area (Å²) in [5, 5.41) is 27.0. The minimum absolute atomic E-state index is 0.0112. The van der Waals surface area contributed by atoms with Crippen LogP contribution in [0.3, 0.4) is 0 Å². The van der Waals surface area contributed by atoms with Gasteiger partial charge in [0.15, 0.2) is 11.4 Å². The molecule has 0 aliphatic carbocycles. The van der Waals surface area contributed by atoms with Crippen molar-refractivity contribution in [3.63, 3.8) is 0 Å². The fourth-order valence-corrected chi connectivity index (χ4v) is 5.85. The zero-order chi connectivity index (χ0) is 33.3. The fraction of sp³-hybridized carbons (Fsp3) is 0.417. The molecule has 0 saturated carbocycles. The number of amides is 6. The van der Waals surface area contributed by atoms with E-state index in [1.165, 1.54) is 43.7 Å². The largest absolute Gasteiger partial charge is 0.442 e. The maximum Gasteiger partial charge on any atom is 0.442 e. The van der Waals surface area contributed by atoms with E-state index in [1.54, 1.807) is 12.2 Å². The van der Waals surface area contributed by atoms with E-state index >= 15 is 0 Å². The molecule has 2 aromatic heterocycles. The van der Waals surface area contributed by atoms with Crippen LogP contribution in [-0.4, -0.2) is 147 Å². The van der Waals surface area contributed by atoms with Crippen molar-refractivity contribution in [2.75, 3.05) is 52.6 Å². The van der Waals surface area contributed by atoms with Gasteiger partial charge in [-0.2, -0.15) is 28.7 Å². The predicted molar refractivity (Wildman–Crippen MR) is 150 cm³/mol. The van der Waals surface area contributed by atoms with Gasteiger partial charge in [0.2, 0.25) is 0 Å². The highest BCUT2D eigenvalue weighted by Crippen LogP contribution is 2.30. The van der Waals surface area contributed by atoms with E-state index in [-0.39, 0.29) is 64.0 Å². The van der Waals surface area contributed by atoms with Gasteiger partial charge in [-0.05, 0) is 24.3 Å². The third-order valence-electron chi connectivity index (χ3n) is 7.10. The van der Waals surface area contributed by atoms with Gasteiger partial charge in [0.25, 0.3) is 11.8 Å². The Balaban J connectivity index is 1.10. The third-order valence-corrected chi connectivity index (χ3v) is 7.79. The van der Waals surface area contributed by atoms with Crippen LogP contribution in [0, 0.1) is 0 Å². The Kier molecular flexibility index (Phi) is 8.91. The molecule has 2 atom stereocenters. The van der Waals surface area contributed by atoms with Crippen molar-refractivity contribution >= 4 is 45.7 Å². The first-order valence-corrected chi connectivity index (χ1v) is 15.3. The zero-order valence-electron chi connectivity index (χ0n) is 24.2. The van der Waals surface area contributed by atoms with Crippen molar-refractivity contribution in [2.24, 2.45) is 0 Å². The fourth-order valence-electron chi connectivity index (χ4n) is 5.09. The number of urea groups is 2. The first-order chi connectivity index (χ1) is 22.6. The van der Waals surface area contributed by atoms with Crippen LogP contribution in [0.4, 0.5) is 9.59 Å². The van der Waals surface area contributed by atoms with Crippen molar-refractivity contribution in [1.29, 1.82) is 0 Å². The Hall–Kier alpha value is -4.91. The van der Waals surface area contributed by atoms with E-state index in [4.69, 9.17) is 28.5 Å². The number of aliphatic hydroxyl groups excluding tert-OH is 2. The molecule has 0 radical (unpaired) electrons. The summed E-state index contributed by atoms with van der Waals surface area (Å²) in [5.41, 5.74) is 5.12. The van der Waals surface area contributed by atoms with E-state index in [1.807, 2.05) is 0 Å². The molecule has 4 bridgehead atoms. The molecule has 6 amide bonds. The number of nitrogens with zero attached hydrogens (tertiary/aromatic N) is 8. The Labute approximate surface area is 265 Å². The van der Waals surface area contributed by atoms with Crippen molar-refractivity contribution < 1.29 is 56.1 Å². The van der Waals surface area contributed by atoms with Gasteiger partial charge < -0.3 is 20.0 Å². The van der Waals surface area contributed by atoms with E-state index in [0.717, 1.165) is 0 Å². The second kappa shape index (κ2) is 13.1. The summed E-state index contributed by atoms with van der Waals surface area (Å²) >= 11 is 0. The summed E-state index contributed by atoms with van der Waals surface area (Å²) in [6.45, 7) is -0.607. The lowest BCUT2D eigenvalue weighted by Gasteiger charge is -2.22. The Morgan fingerprint density at radius 1 is 0.787 bits per heavy atom. The van der Waals surface area contributed by atoms with Gasteiger partial charge in [-0.15, -0.1) is 8.57 Å². The summed E-state index contributed by atoms with van der Waals surface area (Å²) in [6.07, 6.45) is 6.02. The molecule has 2 unspecified atom stereocenters. The number of aliphatic hydroxyl groups is 2. The molecule has 22 nitrogen and oxygen atoms in total. The number of carbonyl (C=O) groups is 4. The Bertz CT molecular complexity index is 1620. The smallest absolute Gasteiger partial charge is 0.394 e. The molecule has 0 aromatic carbocycles. The molecule has 2 saturated heterocycles. The summed E-state index contributed by atoms with van der Waals surface area (Å²) in [7, 11) is -5.01. The Morgan fingerprint density at radius 3 is 1.62 bits per heavy atom. The van der Waals surface area contributed by atoms with Gasteiger partial charge >= 0.3 is 22.5 Å². The topological polar surface area (TPSA) is 252 Å². The molecule has 4 aliphatic rings. The second-order valence-corrected chi connectivity index (χ2v) is 11.4. The normalized spacial score (nSPS) is 20.6. The van der Waals surface area contributed by atoms with E-state index < -0.39 is 46.4 Å². The first-order valence-electron chi connectivity index (χ1n) is 14.0. The molecule has 47 heavy (non-hydrogen) atoms. The van der Waals surface area contributed by atoms with Crippen LogP contribution in [0.1, 0.15) is 21.0 Å². The van der Waals surface area contributed by atoms with Crippen molar-refractivity contribution in [3.8, 4) is 0 Å². The molecule has 252 valence electrons. The Morgan fingerprint density at radius 2 is 1.21 bits per heavy atom. The van der Waals surface area contributed by atoms with Gasteiger partial charge in [0.05, 0.1) is 50.9 Å². The van der Waals surface area contributed by atoms with Gasteiger partial charge in [-0.3, -0.25) is 19.3 Å². The minimum atomic E-state index is -5.01. The van der Waals surface area contributed by atoms with Crippen LogP contribution in [-0.2, 0) is 28.6 Å². The maximum absolute atomic E-state index is 13.0. The van der Waals surface area contributed by atoms with E-state index in [0.29, 0.717) is 21.5 Å². The minimum Gasteiger partial charge on any atom is -0.394 e. The summed E-state index contributed by atoms with van der Waals surface area (Å²) in [5.74, 6) is -1.33. The van der Waals surface area contributed by atoms with Crippen LogP contribution in [0.2, 0.25) is 0 Å². The second-order valence-electron chi connectivity index (χ2n) is 10.3. The van der Waals surface area contributed by atoms with Crippen LogP contribution >= 0.6 is 0 Å². The van der Waals surface area contributed by atoms with Gasteiger partial charge in [0, 0.05) is 25.5 Å². The maximum atomic E-state index is 13.0. The van der Waals surface area contributed by atoms with Gasteiger partial charge in [0.1, 0.15) is 12.1 Å². The zero-order valence-corrected chi connectivity index (χ0v) is 25.1. The quantitative estimate of drug-likeness (QED) is 0.116. The highest BCUT2D eigenvalue weighted by atomic mass is 32.3. The highest BCUT2D eigenvalue weighted by Gasteiger charge is 2.47. The molecule has 2 fully saturated rings. The number of nitrogens with one attached hydrogen (secondary N) is 2. The van der Waals surface area contributed by atoms with Gasteiger partial charge in [-0.25, -0.2) is 29.9 Å². The lowest BCUT2D eigenvalue weighted by atomic mass is 10.2. The van der Waals surface area contributed by atoms with Crippen molar-refractivity contribution in [3.05, 3.63) is 48.1 Å². The number of aromatic nitrogens is 4.